The van der Waals surface area contributed by atoms with E-state index in [4.69, 9.17) is 0 Å². The van der Waals surface area contributed by atoms with Gasteiger partial charge in [-0.3, -0.25) is 14.6 Å². The van der Waals surface area contributed by atoms with Gasteiger partial charge in [-0.2, -0.15) is 0 Å². The highest BCUT2D eigenvalue weighted by atomic mass is 16.2. The van der Waals surface area contributed by atoms with Gasteiger partial charge >= 0.3 is 0 Å². The zero-order valence-electron chi connectivity index (χ0n) is 12.7. The molecule has 0 aromatic carbocycles. The molecule has 1 aromatic rings. The summed E-state index contributed by atoms with van der Waals surface area (Å²) < 4.78 is 0. The standard InChI is InChI=1S/C15H23N3O2/c1-10(12-8-6-7-9-16-12)17-13(19)11(2)18-14(20)15(3,4)5/h6-11H,1-5H3,(H,17,19)(H,18,20)/t10-,11-/m0/s1. The largest absolute Gasteiger partial charge is 0.346 e. The van der Waals surface area contributed by atoms with Crippen molar-refractivity contribution in [3.8, 4) is 0 Å². The number of nitrogens with zero attached hydrogens (tertiary/aromatic N) is 1. The van der Waals surface area contributed by atoms with E-state index in [0.717, 1.165) is 5.69 Å². The molecule has 1 rings (SSSR count). The molecule has 1 heterocycles. The van der Waals surface area contributed by atoms with Gasteiger partial charge in [0.1, 0.15) is 6.04 Å². The number of nitrogens with one attached hydrogen (secondary N) is 2. The number of pyridine rings is 1. The van der Waals surface area contributed by atoms with Crippen LogP contribution in [0.25, 0.3) is 0 Å². The predicted molar refractivity (Wildman–Crippen MR) is 77.9 cm³/mol. The van der Waals surface area contributed by atoms with E-state index in [1.54, 1.807) is 13.1 Å². The Morgan fingerprint density at radius 1 is 1.15 bits per heavy atom. The lowest BCUT2D eigenvalue weighted by Crippen LogP contribution is -2.48. The van der Waals surface area contributed by atoms with Gasteiger partial charge in [0.05, 0.1) is 11.7 Å². The van der Waals surface area contributed by atoms with E-state index >= 15 is 0 Å². The molecule has 0 aliphatic rings. The third-order valence-corrected chi connectivity index (χ3v) is 2.91. The normalized spacial score (nSPS) is 14.2. The summed E-state index contributed by atoms with van der Waals surface area (Å²) in [5.41, 5.74) is 0.274. The Hall–Kier alpha value is -1.91. The molecule has 2 amide bonds. The third-order valence-electron chi connectivity index (χ3n) is 2.91. The van der Waals surface area contributed by atoms with Crippen LogP contribution >= 0.6 is 0 Å². The van der Waals surface area contributed by atoms with E-state index in [-0.39, 0.29) is 17.9 Å². The van der Waals surface area contributed by atoms with Crippen LogP contribution < -0.4 is 10.6 Å². The van der Waals surface area contributed by atoms with Crippen LogP contribution in [0.15, 0.2) is 24.4 Å². The van der Waals surface area contributed by atoms with E-state index in [9.17, 15) is 9.59 Å². The molecule has 0 radical (unpaired) electrons. The Morgan fingerprint density at radius 2 is 1.80 bits per heavy atom. The number of rotatable bonds is 4. The SMILES string of the molecule is C[C@H](NC(=O)C(C)(C)C)C(=O)N[C@@H](C)c1ccccn1. The quantitative estimate of drug-likeness (QED) is 0.881. The average Bonchev–Trinajstić information content (AvgIpc) is 2.38. The van der Waals surface area contributed by atoms with Crippen molar-refractivity contribution in [2.24, 2.45) is 5.41 Å². The number of amides is 2. The van der Waals surface area contributed by atoms with Crippen molar-refractivity contribution >= 4 is 11.8 Å². The van der Waals surface area contributed by atoms with E-state index < -0.39 is 11.5 Å². The van der Waals surface area contributed by atoms with Crippen molar-refractivity contribution in [2.75, 3.05) is 0 Å². The molecule has 5 heteroatoms. The van der Waals surface area contributed by atoms with Gasteiger partial charge in [0.15, 0.2) is 0 Å². The molecule has 0 fully saturated rings. The van der Waals surface area contributed by atoms with Gasteiger partial charge in [-0.1, -0.05) is 26.8 Å². The molecular formula is C15H23N3O2. The van der Waals surface area contributed by atoms with Crippen molar-refractivity contribution in [3.63, 3.8) is 0 Å². The van der Waals surface area contributed by atoms with E-state index in [2.05, 4.69) is 15.6 Å². The maximum atomic E-state index is 12.0. The number of carbonyl (C=O) groups is 2. The first-order valence-corrected chi connectivity index (χ1v) is 6.74. The first-order valence-electron chi connectivity index (χ1n) is 6.74. The Kier molecular flexibility index (Phi) is 5.25. The number of hydrogen-bond donors (Lipinski definition) is 2. The van der Waals surface area contributed by atoms with Crippen LogP contribution in [0.4, 0.5) is 0 Å². The summed E-state index contributed by atoms with van der Waals surface area (Å²) in [5, 5.41) is 5.54. The summed E-state index contributed by atoms with van der Waals surface area (Å²) >= 11 is 0. The second kappa shape index (κ2) is 6.50. The summed E-state index contributed by atoms with van der Waals surface area (Å²) in [5.74, 6) is -0.369. The molecule has 0 saturated heterocycles. The summed E-state index contributed by atoms with van der Waals surface area (Å²) in [7, 11) is 0. The van der Waals surface area contributed by atoms with E-state index in [0.29, 0.717) is 0 Å². The summed E-state index contributed by atoms with van der Waals surface area (Å²) in [6, 6.07) is 4.77. The summed E-state index contributed by atoms with van der Waals surface area (Å²) in [6.07, 6.45) is 1.68. The monoisotopic (exact) mass is 277 g/mol. The zero-order chi connectivity index (χ0) is 15.3. The lowest BCUT2D eigenvalue weighted by molar-refractivity contribution is -0.133. The van der Waals surface area contributed by atoms with Crippen molar-refractivity contribution in [1.82, 2.24) is 15.6 Å². The maximum absolute atomic E-state index is 12.0. The average molecular weight is 277 g/mol. The van der Waals surface area contributed by atoms with Crippen molar-refractivity contribution < 1.29 is 9.59 Å². The topological polar surface area (TPSA) is 71.1 Å². The van der Waals surface area contributed by atoms with Gasteiger partial charge in [0.25, 0.3) is 0 Å². The first kappa shape index (κ1) is 16.1. The molecular weight excluding hydrogens is 254 g/mol. The molecule has 0 saturated carbocycles. The molecule has 0 bridgehead atoms. The fraction of sp³-hybridized carbons (Fsp3) is 0.533. The number of carbonyl (C=O) groups excluding carboxylic acids is 2. The predicted octanol–water partition coefficient (Wildman–Crippen LogP) is 1.81. The highest BCUT2D eigenvalue weighted by Gasteiger charge is 2.25. The molecule has 0 aliphatic carbocycles. The minimum atomic E-state index is -0.576. The van der Waals surface area contributed by atoms with Gasteiger partial charge in [-0.15, -0.1) is 0 Å². The fourth-order valence-corrected chi connectivity index (χ4v) is 1.52. The van der Waals surface area contributed by atoms with Crippen LogP contribution in [-0.4, -0.2) is 22.8 Å². The maximum Gasteiger partial charge on any atom is 0.242 e. The molecule has 0 aliphatic heterocycles. The summed E-state index contributed by atoms with van der Waals surface area (Å²) in [4.78, 5) is 28.1. The number of aromatic nitrogens is 1. The van der Waals surface area contributed by atoms with Crippen LogP contribution in [-0.2, 0) is 9.59 Å². The molecule has 110 valence electrons. The minimum Gasteiger partial charge on any atom is -0.346 e. The zero-order valence-corrected chi connectivity index (χ0v) is 12.7. The molecule has 0 unspecified atom stereocenters. The molecule has 20 heavy (non-hydrogen) atoms. The molecule has 2 atom stereocenters. The van der Waals surface area contributed by atoms with Gasteiger partial charge in [0.2, 0.25) is 11.8 Å². The first-order chi connectivity index (χ1) is 9.21. The van der Waals surface area contributed by atoms with Crippen LogP contribution in [0, 0.1) is 5.41 Å². The molecule has 0 spiro atoms. The Balaban J connectivity index is 2.56. The van der Waals surface area contributed by atoms with Crippen LogP contribution in [0.2, 0.25) is 0 Å². The van der Waals surface area contributed by atoms with E-state index in [1.807, 2.05) is 45.9 Å². The van der Waals surface area contributed by atoms with Gasteiger partial charge in [0, 0.05) is 11.6 Å². The molecule has 1 aromatic heterocycles. The smallest absolute Gasteiger partial charge is 0.242 e. The van der Waals surface area contributed by atoms with Gasteiger partial charge in [-0.05, 0) is 26.0 Å². The second-order valence-corrected chi connectivity index (χ2v) is 5.93. The van der Waals surface area contributed by atoms with E-state index in [1.165, 1.54) is 0 Å². The third kappa shape index (κ3) is 4.64. The lowest BCUT2D eigenvalue weighted by atomic mass is 9.95. The Morgan fingerprint density at radius 3 is 2.30 bits per heavy atom. The van der Waals surface area contributed by atoms with Crippen LogP contribution in [0.1, 0.15) is 46.4 Å². The number of hydrogen-bond acceptors (Lipinski definition) is 3. The lowest BCUT2D eigenvalue weighted by Gasteiger charge is -2.22. The second-order valence-electron chi connectivity index (χ2n) is 5.93. The highest BCUT2D eigenvalue weighted by Crippen LogP contribution is 2.13. The Bertz CT molecular complexity index is 466. The minimum absolute atomic E-state index is 0.148. The van der Waals surface area contributed by atoms with Gasteiger partial charge < -0.3 is 10.6 Å². The summed E-state index contributed by atoms with van der Waals surface area (Å²) in [6.45, 7) is 8.96. The van der Waals surface area contributed by atoms with Crippen LogP contribution in [0.5, 0.6) is 0 Å². The van der Waals surface area contributed by atoms with Gasteiger partial charge in [-0.25, -0.2) is 0 Å². The van der Waals surface area contributed by atoms with Crippen molar-refractivity contribution in [2.45, 2.75) is 46.7 Å². The van der Waals surface area contributed by atoms with Crippen molar-refractivity contribution in [3.05, 3.63) is 30.1 Å². The Labute approximate surface area is 120 Å². The highest BCUT2D eigenvalue weighted by molar-refractivity contribution is 5.89. The molecule has 2 N–H and O–H groups in total. The van der Waals surface area contributed by atoms with Crippen molar-refractivity contribution in [1.29, 1.82) is 0 Å². The fourth-order valence-electron chi connectivity index (χ4n) is 1.52. The molecule has 5 nitrogen and oxygen atoms in total. The van der Waals surface area contributed by atoms with Crippen LogP contribution in [0.3, 0.4) is 0 Å².